The Morgan fingerprint density at radius 2 is 1.87 bits per heavy atom. The van der Waals surface area contributed by atoms with Crippen molar-refractivity contribution in [3.8, 4) is 0 Å². The van der Waals surface area contributed by atoms with Crippen LogP contribution in [-0.2, 0) is 0 Å². The molecular weight excluding hydrogens is 186 g/mol. The maximum absolute atomic E-state index is 10.7. The average Bonchev–Trinajstić information content (AvgIpc) is 1.99. The first kappa shape index (κ1) is 11.4. The van der Waals surface area contributed by atoms with Gasteiger partial charge in [-0.3, -0.25) is 0 Å². The summed E-state index contributed by atoms with van der Waals surface area (Å²) in [7, 11) is 0. The number of hydrogen-bond donors (Lipinski definition) is 2. The first-order chi connectivity index (χ1) is 6.77. The van der Waals surface area contributed by atoms with Crippen LogP contribution in [0, 0.1) is 11.3 Å². The van der Waals surface area contributed by atoms with E-state index in [1.165, 1.54) is 6.42 Å². The van der Waals surface area contributed by atoms with E-state index in [0.717, 1.165) is 32.1 Å². The Labute approximate surface area is 93.2 Å². The summed E-state index contributed by atoms with van der Waals surface area (Å²) < 4.78 is 0. The third kappa shape index (κ3) is 1.83. The minimum absolute atomic E-state index is 0.300. The third-order valence-electron chi connectivity index (χ3n) is 4.49. The molecule has 88 valence electrons. The molecule has 0 aliphatic heterocycles. The van der Waals surface area contributed by atoms with Crippen LogP contribution < -0.4 is 5.73 Å². The lowest BCUT2D eigenvalue weighted by Crippen LogP contribution is -2.70. The van der Waals surface area contributed by atoms with Gasteiger partial charge in [-0.25, -0.2) is 0 Å². The van der Waals surface area contributed by atoms with Crippen LogP contribution in [0.25, 0.3) is 0 Å². The van der Waals surface area contributed by atoms with Crippen LogP contribution in [0.4, 0.5) is 0 Å². The lowest BCUT2D eigenvalue weighted by molar-refractivity contribution is -0.142. The largest absolute Gasteiger partial charge is 0.388 e. The van der Waals surface area contributed by atoms with Crippen molar-refractivity contribution in [1.29, 1.82) is 0 Å². The molecule has 2 fully saturated rings. The molecule has 0 saturated heterocycles. The molecule has 2 rings (SSSR count). The summed E-state index contributed by atoms with van der Waals surface area (Å²) in [6, 6.07) is 0. The summed E-state index contributed by atoms with van der Waals surface area (Å²) in [5.41, 5.74) is 5.85. The van der Waals surface area contributed by atoms with Crippen molar-refractivity contribution < 1.29 is 5.11 Å². The van der Waals surface area contributed by atoms with Crippen LogP contribution in [0.1, 0.15) is 59.3 Å². The molecule has 0 radical (unpaired) electrons. The average molecular weight is 211 g/mol. The maximum Gasteiger partial charge on any atom is 0.0829 e. The molecule has 2 atom stereocenters. The highest BCUT2D eigenvalue weighted by Crippen LogP contribution is 2.55. The van der Waals surface area contributed by atoms with E-state index < -0.39 is 5.60 Å². The molecule has 0 aromatic rings. The van der Waals surface area contributed by atoms with Crippen molar-refractivity contribution in [2.45, 2.75) is 70.4 Å². The monoisotopic (exact) mass is 211 g/mol. The lowest BCUT2D eigenvalue weighted by Gasteiger charge is -2.60. The van der Waals surface area contributed by atoms with E-state index in [1.807, 2.05) is 0 Å². The van der Waals surface area contributed by atoms with E-state index in [1.54, 1.807) is 0 Å². The highest BCUT2D eigenvalue weighted by Gasteiger charge is 2.58. The molecule has 15 heavy (non-hydrogen) atoms. The molecule has 0 aromatic heterocycles. The molecule has 2 nitrogen and oxygen atoms in total. The minimum Gasteiger partial charge on any atom is -0.388 e. The summed E-state index contributed by atoms with van der Waals surface area (Å²) in [4.78, 5) is 0. The van der Waals surface area contributed by atoms with Crippen molar-refractivity contribution in [3.63, 3.8) is 0 Å². The topological polar surface area (TPSA) is 46.2 Å². The van der Waals surface area contributed by atoms with Crippen LogP contribution in [0.2, 0.25) is 0 Å². The predicted octanol–water partition coefficient (Wildman–Crippen LogP) is 2.45. The van der Waals surface area contributed by atoms with Crippen molar-refractivity contribution in [2.75, 3.05) is 0 Å². The Hall–Kier alpha value is -0.0800. The summed E-state index contributed by atoms with van der Waals surface area (Å²) in [5, 5.41) is 10.7. The zero-order chi connectivity index (χ0) is 11.3. The molecule has 2 unspecified atom stereocenters. The van der Waals surface area contributed by atoms with Gasteiger partial charge in [-0.15, -0.1) is 0 Å². The molecule has 2 aliphatic carbocycles. The SMILES string of the molecule is CC1CCCC(O)(C2(N)CC(C)(C)C2)C1. The Kier molecular flexibility index (Phi) is 2.44. The highest BCUT2D eigenvalue weighted by molar-refractivity contribution is 5.15. The summed E-state index contributed by atoms with van der Waals surface area (Å²) in [5.74, 6) is 0.632. The fourth-order valence-electron chi connectivity index (χ4n) is 3.96. The van der Waals surface area contributed by atoms with E-state index in [9.17, 15) is 5.11 Å². The van der Waals surface area contributed by atoms with Crippen LogP contribution in [0.3, 0.4) is 0 Å². The first-order valence-corrected chi connectivity index (χ1v) is 6.28. The van der Waals surface area contributed by atoms with Crippen LogP contribution in [0.15, 0.2) is 0 Å². The van der Waals surface area contributed by atoms with Gasteiger partial charge in [0.05, 0.1) is 5.60 Å². The molecule has 3 N–H and O–H groups in total. The standard InChI is InChI=1S/C13H25NO/c1-10-5-4-6-13(15,7-10)12(14)8-11(2,3)9-12/h10,15H,4-9,14H2,1-3H3. The van der Waals surface area contributed by atoms with Gasteiger partial charge in [0.2, 0.25) is 0 Å². The second-order valence-electron chi connectivity index (χ2n) is 6.91. The second-order valence-corrected chi connectivity index (χ2v) is 6.91. The molecule has 0 bridgehead atoms. The quantitative estimate of drug-likeness (QED) is 0.700. The molecule has 2 heteroatoms. The molecule has 2 saturated carbocycles. The third-order valence-corrected chi connectivity index (χ3v) is 4.49. The van der Waals surface area contributed by atoms with Gasteiger partial charge in [0.25, 0.3) is 0 Å². The highest BCUT2D eigenvalue weighted by atomic mass is 16.3. The Morgan fingerprint density at radius 1 is 1.27 bits per heavy atom. The maximum atomic E-state index is 10.7. The van der Waals surface area contributed by atoms with Crippen molar-refractivity contribution >= 4 is 0 Å². The lowest BCUT2D eigenvalue weighted by atomic mass is 9.51. The molecule has 0 spiro atoms. The van der Waals surface area contributed by atoms with Gasteiger partial charge in [0, 0.05) is 5.54 Å². The van der Waals surface area contributed by atoms with Crippen LogP contribution in [-0.4, -0.2) is 16.2 Å². The Bertz CT molecular complexity index is 253. The number of nitrogens with two attached hydrogens (primary N) is 1. The fraction of sp³-hybridized carbons (Fsp3) is 1.00. The van der Waals surface area contributed by atoms with Crippen LogP contribution >= 0.6 is 0 Å². The van der Waals surface area contributed by atoms with E-state index in [4.69, 9.17) is 5.73 Å². The summed E-state index contributed by atoms with van der Waals surface area (Å²) in [6.45, 7) is 6.72. The molecule has 0 heterocycles. The van der Waals surface area contributed by atoms with Gasteiger partial charge in [-0.2, -0.15) is 0 Å². The van der Waals surface area contributed by atoms with Crippen molar-refractivity contribution in [1.82, 2.24) is 0 Å². The van der Waals surface area contributed by atoms with Gasteiger partial charge >= 0.3 is 0 Å². The predicted molar refractivity (Wildman–Crippen MR) is 62.5 cm³/mol. The number of aliphatic hydroxyl groups is 1. The van der Waals surface area contributed by atoms with Gasteiger partial charge in [0.1, 0.15) is 0 Å². The molecular formula is C13H25NO. The van der Waals surface area contributed by atoms with Gasteiger partial charge < -0.3 is 10.8 Å². The van der Waals surface area contributed by atoms with E-state index in [2.05, 4.69) is 20.8 Å². The van der Waals surface area contributed by atoms with Crippen molar-refractivity contribution in [2.24, 2.45) is 17.1 Å². The van der Waals surface area contributed by atoms with E-state index in [-0.39, 0.29) is 5.54 Å². The summed E-state index contributed by atoms with van der Waals surface area (Å²) in [6.07, 6.45) is 6.15. The number of rotatable bonds is 1. The van der Waals surface area contributed by atoms with Gasteiger partial charge in [0.15, 0.2) is 0 Å². The molecule has 2 aliphatic rings. The normalized spacial score (nSPS) is 43.4. The van der Waals surface area contributed by atoms with Crippen molar-refractivity contribution in [3.05, 3.63) is 0 Å². The van der Waals surface area contributed by atoms with E-state index in [0.29, 0.717) is 11.3 Å². The molecule has 0 amide bonds. The zero-order valence-electron chi connectivity index (χ0n) is 10.3. The first-order valence-electron chi connectivity index (χ1n) is 6.28. The number of hydrogen-bond acceptors (Lipinski definition) is 2. The minimum atomic E-state index is -0.583. The summed E-state index contributed by atoms with van der Waals surface area (Å²) >= 11 is 0. The molecule has 0 aromatic carbocycles. The zero-order valence-corrected chi connectivity index (χ0v) is 10.3. The Morgan fingerprint density at radius 3 is 2.33 bits per heavy atom. The Balaban J connectivity index is 2.09. The smallest absolute Gasteiger partial charge is 0.0829 e. The van der Waals surface area contributed by atoms with E-state index >= 15 is 0 Å². The fourth-order valence-corrected chi connectivity index (χ4v) is 3.96. The van der Waals surface area contributed by atoms with Crippen LogP contribution in [0.5, 0.6) is 0 Å². The van der Waals surface area contributed by atoms with Gasteiger partial charge in [-0.1, -0.05) is 33.6 Å². The van der Waals surface area contributed by atoms with Gasteiger partial charge in [-0.05, 0) is 37.0 Å². The second kappa shape index (κ2) is 3.21.